The van der Waals surface area contributed by atoms with Crippen molar-refractivity contribution in [2.24, 2.45) is 0 Å². The number of carbonyl (C=O) groups is 1. The fraction of sp³-hybridized carbons (Fsp3) is 0.250. The number of hydrogen-bond donors (Lipinski definition) is 2. The van der Waals surface area contributed by atoms with Gasteiger partial charge >= 0.3 is 5.97 Å². The highest BCUT2D eigenvalue weighted by molar-refractivity contribution is 5.85. The second kappa shape index (κ2) is 7.87. The van der Waals surface area contributed by atoms with Gasteiger partial charge in [-0.25, -0.2) is 9.78 Å². The molecule has 0 spiro atoms. The van der Waals surface area contributed by atoms with Crippen molar-refractivity contribution in [2.75, 3.05) is 25.6 Å². The van der Waals surface area contributed by atoms with Crippen molar-refractivity contribution in [3.8, 4) is 11.5 Å². The number of carboxylic acid groups (broad SMARTS) is 1. The van der Waals surface area contributed by atoms with Gasteiger partial charge in [-0.05, 0) is 30.7 Å². The molecule has 0 aliphatic rings. The van der Waals surface area contributed by atoms with Gasteiger partial charge in [0.1, 0.15) is 17.3 Å². The Balaban J connectivity index is 1.73. The van der Waals surface area contributed by atoms with Crippen molar-refractivity contribution in [3.05, 3.63) is 48.2 Å². The van der Waals surface area contributed by atoms with E-state index in [-0.39, 0.29) is 5.69 Å². The molecule has 1 aromatic heterocycles. The lowest BCUT2D eigenvalue weighted by Crippen LogP contribution is -2.10. The van der Waals surface area contributed by atoms with Gasteiger partial charge in [0.2, 0.25) is 0 Å². The Morgan fingerprint density at radius 1 is 1.23 bits per heavy atom. The molecule has 2 N–H and O–H groups in total. The highest BCUT2D eigenvalue weighted by Gasteiger charge is 2.04. The van der Waals surface area contributed by atoms with Crippen LogP contribution in [0.2, 0.25) is 0 Å². The van der Waals surface area contributed by atoms with E-state index in [1.165, 1.54) is 6.07 Å². The summed E-state index contributed by atoms with van der Waals surface area (Å²) < 4.78 is 10.7. The maximum Gasteiger partial charge on any atom is 0.354 e. The zero-order valence-corrected chi connectivity index (χ0v) is 12.3. The van der Waals surface area contributed by atoms with Gasteiger partial charge in [0.25, 0.3) is 0 Å². The summed E-state index contributed by atoms with van der Waals surface area (Å²) in [5, 5.41) is 11.9. The lowest BCUT2D eigenvalue weighted by Gasteiger charge is -2.09. The Labute approximate surface area is 128 Å². The fourth-order valence-electron chi connectivity index (χ4n) is 1.82. The predicted octanol–water partition coefficient (Wildman–Crippen LogP) is 2.67. The second-order valence-electron chi connectivity index (χ2n) is 4.52. The Bertz CT molecular complexity index is 631. The van der Waals surface area contributed by atoms with Gasteiger partial charge in [0.05, 0.1) is 13.7 Å². The molecule has 0 radical (unpaired) electrons. The molecule has 0 aliphatic heterocycles. The number of carboxylic acids is 1. The normalized spacial score (nSPS) is 10.0. The molecule has 0 amide bonds. The Kier molecular flexibility index (Phi) is 5.59. The molecule has 116 valence electrons. The van der Waals surface area contributed by atoms with Crippen molar-refractivity contribution >= 4 is 11.8 Å². The Morgan fingerprint density at radius 2 is 2.00 bits per heavy atom. The fourth-order valence-corrected chi connectivity index (χ4v) is 1.82. The molecule has 2 aromatic rings. The van der Waals surface area contributed by atoms with E-state index in [1.54, 1.807) is 19.2 Å². The predicted molar refractivity (Wildman–Crippen MR) is 82.8 cm³/mol. The van der Waals surface area contributed by atoms with Gasteiger partial charge in [-0.1, -0.05) is 12.1 Å². The summed E-state index contributed by atoms with van der Waals surface area (Å²) in [6.07, 6.45) is 0.760. The van der Waals surface area contributed by atoms with E-state index in [1.807, 2.05) is 24.3 Å². The first-order valence-electron chi connectivity index (χ1n) is 6.90. The molecule has 1 aromatic carbocycles. The maximum absolute atomic E-state index is 10.8. The summed E-state index contributed by atoms with van der Waals surface area (Å²) in [5.41, 5.74) is 0.0256. The van der Waals surface area contributed by atoms with Gasteiger partial charge in [-0.3, -0.25) is 0 Å². The minimum absolute atomic E-state index is 0.0256. The van der Waals surface area contributed by atoms with Gasteiger partial charge < -0.3 is 19.9 Å². The number of aromatic nitrogens is 1. The van der Waals surface area contributed by atoms with Crippen LogP contribution in [-0.4, -0.2) is 36.3 Å². The largest absolute Gasteiger partial charge is 0.497 e. The molecule has 6 heteroatoms. The van der Waals surface area contributed by atoms with Crippen molar-refractivity contribution in [1.82, 2.24) is 4.98 Å². The van der Waals surface area contributed by atoms with E-state index >= 15 is 0 Å². The van der Waals surface area contributed by atoms with Crippen LogP contribution in [0.1, 0.15) is 16.9 Å². The molecule has 0 atom stereocenters. The van der Waals surface area contributed by atoms with Crippen LogP contribution in [0.5, 0.6) is 11.5 Å². The van der Waals surface area contributed by atoms with E-state index in [0.717, 1.165) is 17.9 Å². The lowest BCUT2D eigenvalue weighted by atomic mass is 10.3. The van der Waals surface area contributed by atoms with Crippen LogP contribution in [0.15, 0.2) is 42.5 Å². The number of ether oxygens (including phenoxy) is 2. The van der Waals surface area contributed by atoms with Crippen LogP contribution in [0, 0.1) is 0 Å². The van der Waals surface area contributed by atoms with E-state index in [0.29, 0.717) is 19.0 Å². The smallest absolute Gasteiger partial charge is 0.354 e. The van der Waals surface area contributed by atoms with Crippen molar-refractivity contribution in [3.63, 3.8) is 0 Å². The summed E-state index contributed by atoms with van der Waals surface area (Å²) in [7, 11) is 1.61. The molecule has 22 heavy (non-hydrogen) atoms. The van der Waals surface area contributed by atoms with Crippen molar-refractivity contribution in [1.29, 1.82) is 0 Å². The van der Waals surface area contributed by atoms with Crippen molar-refractivity contribution < 1.29 is 19.4 Å². The number of aromatic carboxylic acids is 1. The Hall–Kier alpha value is -2.76. The van der Waals surface area contributed by atoms with E-state index in [4.69, 9.17) is 14.6 Å². The number of rotatable bonds is 8. The summed E-state index contributed by atoms with van der Waals surface area (Å²) >= 11 is 0. The van der Waals surface area contributed by atoms with Crippen LogP contribution in [-0.2, 0) is 0 Å². The van der Waals surface area contributed by atoms with Gasteiger partial charge in [-0.2, -0.15) is 0 Å². The number of pyridine rings is 1. The maximum atomic E-state index is 10.8. The quantitative estimate of drug-likeness (QED) is 0.730. The van der Waals surface area contributed by atoms with E-state index in [9.17, 15) is 4.79 Å². The van der Waals surface area contributed by atoms with Gasteiger partial charge in [-0.15, -0.1) is 0 Å². The minimum Gasteiger partial charge on any atom is -0.497 e. The monoisotopic (exact) mass is 302 g/mol. The molecular weight excluding hydrogens is 284 g/mol. The van der Waals surface area contributed by atoms with Crippen LogP contribution in [0.3, 0.4) is 0 Å². The summed E-state index contributed by atoms with van der Waals surface area (Å²) in [6, 6.07) is 12.3. The number of nitrogens with zero attached hydrogens (tertiary/aromatic N) is 1. The third-order valence-electron chi connectivity index (χ3n) is 2.91. The number of benzene rings is 1. The highest BCUT2D eigenvalue weighted by Crippen LogP contribution is 2.18. The molecule has 0 bridgehead atoms. The average Bonchev–Trinajstić information content (AvgIpc) is 2.55. The van der Waals surface area contributed by atoms with Crippen LogP contribution >= 0.6 is 0 Å². The molecule has 6 nitrogen and oxygen atoms in total. The third kappa shape index (κ3) is 4.66. The molecule has 1 heterocycles. The van der Waals surface area contributed by atoms with E-state index < -0.39 is 5.97 Å². The lowest BCUT2D eigenvalue weighted by molar-refractivity contribution is 0.0690. The standard InChI is InChI=1S/C16H18N2O4/c1-21-12-5-2-6-13(11-12)22-10-4-9-17-15-8-3-7-14(18-15)16(19)20/h2-3,5-8,11H,4,9-10H2,1H3,(H,17,18)(H,19,20). The SMILES string of the molecule is COc1cccc(OCCCNc2cccc(C(=O)O)n2)c1. The van der Waals surface area contributed by atoms with E-state index in [2.05, 4.69) is 10.3 Å². The highest BCUT2D eigenvalue weighted by atomic mass is 16.5. The molecule has 0 aliphatic carbocycles. The number of hydrogen-bond acceptors (Lipinski definition) is 5. The molecule has 2 rings (SSSR count). The molecule has 0 saturated carbocycles. The number of anilines is 1. The van der Waals surface area contributed by atoms with Crippen LogP contribution in [0.25, 0.3) is 0 Å². The van der Waals surface area contributed by atoms with Crippen molar-refractivity contribution in [2.45, 2.75) is 6.42 Å². The van der Waals surface area contributed by atoms with Gasteiger partial charge in [0, 0.05) is 12.6 Å². The Morgan fingerprint density at radius 3 is 2.77 bits per heavy atom. The molecule has 0 unspecified atom stereocenters. The summed E-state index contributed by atoms with van der Waals surface area (Å²) in [5.74, 6) is 1.02. The molecular formula is C16H18N2O4. The first-order chi connectivity index (χ1) is 10.7. The average molecular weight is 302 g/mol. The zero-order valence-electron chi connectivity index (χ0n) is 12.3. The van der Waals surface area contributed by atoms with Gasteiger partial charge in [0.15, 0.2) is 5.69 Å². The molecule has 0 fully saturated rings. The second-order valence-corrected chi connectivity index (χ2v) is 4.52. The first kappa shape index (κ1) is 15.6. The number of methoxy groups -OCH3 is 1. The summed E-state index contributed by atoms with van der Waals surface area (Å²) in [6.45, 7) is 1.18. The summed E-state index contributed by atoms with van der Waals surface area (Å²) in [4.78, 5) is 14.8. The zero-order chi connectivity index (χ0) is 15.8. The van der Waals surface area contributed by atoms with Crippen LogP contribution in [0.4, 0.5) is 5.82 Å². The van der Waals surface area contributed by atoms with Crippen LogP contribution < -0.4 is 14.8 Å². The molecule has 0 saturated heterocycles. The number of nitrogens with one attached hydrogen (secondary N) is 1. The minimum atomic E-state index is -1.04. The topological polar surface area (TPSA) is 80.7 Å². The first-order valence-corrected chi connectivity index (χ1v) is 6.90. The third-order valence-corrected chi connectivity index (χ3v) is 2.91.